The van der Waals surface area contributed by atoms with Crippen molar-refractivity contribution in [3.63, 3.8) is 0 Å². The Kier molecular flexibility index (Phi) is 10.3. The van der Waals surface area contributed by atoms with Crippen LogP contribution < -0.4 is 16.1 Å². The number of carbonyl (C=O) groups excluding carboxylic acids is 3. The number of ether oxygens (including phenoxy) is 1. The Balaban J connectivity index is 1.28. The maximum absolute atomic E-state index is 13.8. The number of aryl methyl sites for hydroxylation is 1. The number of rotatable bonds is 4. The van der Waals surface area contributed by atoms with Crippen LogP contribution in [-0.4, -0.2) is 83.8 Å². The van der Waals surface area contributed by atoms with E-state index in [0.29, 0.717) is 36.5 Å². The fourth-order valence-corrected chi connectivity index (χ4v) is 5.97. The molecule has 14 nitrogen and oxygen atoms in total. The average Bonchev–Trinajstić information content (AvgIpc) is 3.60. The minimum Gasteiger partial charge on any atom is -0.457 e. The molecule has 4 N–H and O–H groups in total. The molecule has 5 heterocycles. The van der Waals surface area contributed by atoms with E-state index in [0.717, 1.165) is 16.3 Å². The fourth-order valence-electron chi connectivity index (χ4n) is 5.97. The third kappa shape index (κ3) is 8.04. The van der Waals surface area contributed by atoms with Crippen molar-refractivity contribution in [1.29, 1.82) is 0 Å². The Morgan fingerprint density at radius 1 is 1.02 bits per heavy atom. The molecule has 6 rings (SSSR count). The molecule has 4 aromatic rings. The Morgan fingerprint density at radius 2 is 1.86 bits per heavy atom. The van der Waals surface area contributed by atoms with E-state index in [4.69, 9.17) is 4.74 Å². The van der Waals surface area contributed by atoms with Crippen molar-refractivity contribution in [3.05, 3.63) is 78.4 Å². The van der Waals surface area contributed by atoms with Crippen LogP contribution in [0.2, 0.25) is 0 Å². The van der Waals surface area contributed by atoms with Crippen LogP contribution in [0.5, 0.6) is 0 Å². The van der Waals surface area contributed by atoms with Crippen LogP contribution in [0.25, 0.3) is 28.2 Å². The SMILES string of the molecule is C[C@@H]1NC(=O)[C@H](CCn2cc(-c3ccccn3)nn2)NC(=O)C(C)(C)/C=C/c2cc3cc(ccc3cn2)[C@@H](C)OC(=O)[C@@H]2CCCN(N2)C1O. The highest BCUT2D eigenvalue weighted by molar-refractivity contribution is 5.91. The van der Waals surface area contributed by atoms with Gasteiger partial charge in [0.2, 0.25) is 11.8 Å². The number of aromatic nitrogens is 5. The first-order chi connectivity index (χ1) is 24.0. The van der Waals surface area contributed by atoms with Crippen LogP contribution in [0.15, 0.2) is 67.1 Å². The van der Waals surface area contributed by atoms with Crippen molar-refractivity contribution in [3.8, 4) is 11.4 Å². The van der Waals surface area contributed by atoms with E-state index in [1.807, 2.05) is 49.4 Å². The number of fused-ring (bicyclic) bond motifs is 4. The topological polar surface area (TPSA) is 176 Å². The molecule has 5 bridgehead atoms. The number of cyclic esters (lactones) is 1. The van der Waals surface area contributed by atoms with Crippen LogP contribution in [-0.2, 0) is 25.7 Å². The van der Waals surface area contributed by atoms with E-state index in [9.17, 15) is 19.5 Å². The third-order valence-corrected chi connectivity index (χ3v) is 9.15. The van der Waals surface area contributed by atoms with Crippen LogP contribution in [0, 0.1) is 5.41 Å². The number of benzene rings is 1. The summed E-state index contributed by atoms with van der Waals surface area (Å²) in [5.41, 5.74) is 4.80. The first-order valence-electron chi connectivity index (χ1n) is 16.9. The van der Waals surface area contributed by atoms with Gasteiger partial charge >= 0.3 is 5.97 Å². The molecular formula is C36H43N9O5. The summed E-state index contributed by atoms with van der Waals surface area (Å²) in [7, 11) is 0. The second-order valence-electron chi connectivity index (χ2n) is 13.5. The molecule has 0 radical (unpaired) electrons. The van der Waals surface area contributed by atoms with E-state index >= 15 is 0 Å². The number of amides is 2. The lowest BCUT2D eigenvalue weighted by Gasteiger charge is -2.38. The van der Waals surface area contributed by atoms with Crippen molar-refractivity contribution in [2.75, 3.05) is 6.54 Å². The predicted molar refractivity (Wildman–Crippen MR) is 185 cm³/mol. The summed E-state index contributed by atoms with van der Waals surface area (Å²) >= 11 is 0. The van der Waals surface area contributed by atoms with Crippen molar-refractivity contribution in [2.24, 2.45) is 5.41 Å². The van der Waals surface area contributed by atoms with Gasteiger partial charge in [0, 0.05) is 30.9 Å². The van der Waals surface area contributed by atoms with Gasteiger partial charge in [-0.2, -0.15) is 0 Å². The normalized spacial score (nSPS) is 26.9. The van der Waals surface area contributed by atoms with Crippen LogP contribution in [0.1, 0.15) is 64.3 Å². The molecule has 6 atom stereocenters. The number of carbonyl (C=O) groups is 3. The average molecular weight is 682 g/mol. The lowest BCUT2D eigenvalue weighted by Crippen LogP contribution is -2.62. The largest absolute Gasteiger partial charge is 0.457 e. The van der Waals surface area contributed by atoms with Gasteiger partial charge in [-0.15, -0.1) is 5.10 Å². The van der Waals surface area contributed by atoms with Gasteiger partial charge < -0.3 is 20.5 Å². The Bertz CT molecular complexity index is 1880. The van der Waals surface area contributed by atoms with Crippen molar-refractivity contribution in [2.45, 2.75) is 84.0 Å². The number of aliphatic hydroxyl groups is 1. The number of pyridine rings is 2. The molecule has 262 valence electrons. The zero-order chi connectivity index (χ0) is 35.4. The molecule has 0 saturated carbocycles. The van der Waals surface area contributed by atoms with Crippen molar-refractivity contribution < 1.29 is 24.2 Å². The standard InChI is InChI=1S/C36H43N9O5/c1-22-33(47)45-16-7-9-30(42-45)34(48)50-23(2)24-10-11-25-20-38-27(19-26(25)18-24)12-14-36(3,4)35(49)40-29(32(46)39-22)13-17-44-21-31(41-43-44)28-8-5-6-15-37-28/h5-6,8,10-12,14-15,18-23,29-30,33,42,47H,7,9,13,16-17H2,1-4H3,(H,39,46)(H,40,49)/b14-12+/t22-,23+,29-,30-,33?/m0/s1. The summed E-state index contributed by atoms with van der Waals surface area (Å²) in [6, 6.07) is 10.8. The van der Waals surface area contributed by atoms with Gasteiger partial charge in [0.1, 0.15) is 30.1 Å². The zero-order valence-electron chi connectivity index (χ0n) is 28.6. The molecule has 2 aliphatic rings. The molecule has 3 aromatic heterocycles. The molecule has 14 heteroatoms. The summed E-state index contributed by atoms with van der Waals surface area (Å²) in [6.07, 6.45) is 8.35. The van der Waals surface area contributed by atoms with Crippen LogP contribution in [0.3, 0.4) is 0 Å². The van der Waals surface area contributed by atoms with Gasteiger partial charge in [0.15, 0.2) is 0 Å². The summed E-state index contributed by atoms with van der Waals surface area (Å²) in [5.74, 6) is -1.28. The number of esters is 1. The maximum Gasteiger partial charge on any atom is 0.325 e. The molecular weight excluding hydrogens is 638 g/mol. The summed E-state index contributed by atoms with van der Waals surface area (Å²) in [5, 5.41) is 28.9. The van der Waals surface area contributed by atoms with Crippen LogP contribution >= 0.6 is 0 Å². The zero-order valence-corrected chi connectivity index (χ0v) is 28.6. The molecule has 2 aliphatic heterocycles. The first-order valence-corrected chi connectivity index (χ1v) is 16.9. The summed E-state index contributed by atoms with van der Waals surface area (Å²) < 4.78 is 7.47. The van der Waals surface area contributed by atoms with Gasteiger partial charge in [-0.3, -0.25) is 29.0 Å². The maximum atomic E-state index is 13.8. The highest BCUT2D eigenvalue weighted by Gasteiger charge is 2.35. The number of nitrogens with one attached hydrogen (secondary N) is 3. The fraction of sp³-hybridized carbons (Fsp3) is 0.417. The highest BCUT2D eigenvalue weighted by Crippen LogP contribution is 2.26. The Labute approximate surface area is 290 Å². The molecule has 2 amide bonds. The minimum atomic E-state index is -1.17. The molecule has 1 saturated heterocycles. The monoisotopic (exact) mass is 681 g/mol. The minimum absolute atomic E-state index is 0.188. The number of hydrogen-bond donors (Lipinski definition) is 4. The molecule has 1 fully saturated rings. The number of hydrogen-bond acceptors (Lipinski definition) is 11. The molecule has 50 heavy (non-hydrogen) atoms. The number of hydrazine groups is 1. The second-order valence-corrected chi connectivity index (χ2v) is 13.5. The lowest BCUT2D eigenvalue weighted by atomic mass is 9.90. The van der Waals surface area contributed by atoms with E-state index in [1.165, 1.54) is 0 Å². The number of nitrogens with zero attached hydrogens (tertiary/aromatic N) is 6. The van der Waals surface area contributed by atoms with E-state index < -0.39 is 47.7 Å². The van der Waals surface area contributed by atoms with Gasteiger partial charge in [0.25, 0.3) is 0 Å². The Hall–Kier alpha value is -5.05. The first kappa shape index (κ1) is 34.8. The molecule has 1 aromatic carbocycles. The van der Waals surface area contributed by atoms with Gasteiger partial charge in [-0.05, 0) is 88.2 Å². The Morgan fingerprint density at radius 3 is 2.66 bits per heavy atom. The predicted octanol–water partition coefficient (Wildman–Crippen LogP) is 2.91. The molecule has 0 aliphatic carbocycles. The van der Waals surface area contributed by atoms with E-state index in [1.54, 1.807) is 61.2 Å². The summed E-state index contributed by atoms with van der Waals surface area (Å²) in [4.78, 5) is 49.7. The quantitative estimate of drug-likeness (QED) is 0.233. The summed E-state index contributed by atoms with van der Waals surface area (Å²) in [6.45, 7) is 7.74. The lowest BCUT2D eigenvalue weighted by molar-refractivity contribution is -0.158. The van der Waals surface area contributed by atoms with E-state index in [-0.39, 0.29) is 18.9 Å². The van der Waals surface area contributed by atoms with Crippen molar-refractivity contribution in [1.82, 2.24) is 46.0 Å². The van der Waals surface area contributed by atoms with Crippen molar-refractivity contribution >= 4 is 34.6 Å². The third-order valence-electron chi connectivity index (χ3n) is 9.15. The van der Waals surface area contributed by atoms with Gasteiger partial charge in [-0.1, -0.05) is 29.5 Å². The van der Waals surface area contributed by atoms with Crippen LogP contribution in [0.4, 0.5) is 0 Å². The van der Waals surface area contributed by atoms with Gasteiger partial charge in [0.05, 0.1) is 29.0 Å². The highest BCUT2D eigenvalue weighted by atomic mass is 16.5. The second kappa shape index (κ2) is 14.8. The van der Waals surface area contributed by atoms with Gasteiger partial charge in [-0.25, -0.2) is 10.4 Å². The number of aliphatic hydroxyl groups excluding tert-OH is 1. The molecule has 0 spiro atoms. The molecule has 2 unspecified atom stereocenters. The smallest absolute Gasteiger partial charge is 0.325 e. The van der Waals surface area contributed by atoms with E-state index in [2.05, 4.69) is 36.3 Å².